The molecule has 174 valence electrons. The van der Waals surface area contributed by atoms with E-state index in [4.69, 9.17) is 14.4 Å². The van der Waals surface area contributed by atoms with E-state index in [1.165, 1.54) is 24.8 Å². The summed E-state index contributed by atoms with van der Waals surface area (Å²) in [5.41, 5.74) is 3.30. The van der Waals surface area contributed by atoms with Gasteiger partial charge in [0.05, 0.1) is 24.5 Å². The second-order valence-electron chi connectivity index (χ2n) is 8.18. The summed E-state index contributed by atoms with van der Waals surface area (Å²) < 4.78 is 7.85. The number of aryl methyl sites for hydroxylation is 1. The first-order valence-electron chi connectivity index (χ1n) is 11.5. The molecule has 0 spiro atoms. The van der Waals surface area contributed by atoms with Crippen molar-refractivity contribution in [3.63, 3.8) is 0 Å². The van der Waals surface area contributed by atoms with Gasteiger partial charge in [-0.2, -0.15) is 0 Å². The van der Waals surface area contributed by atoms with Gasteiger partial charge in [-0.05, 0) is 63.5 Å². The Morgan fingerprint density at radius 1 is 1.19 bits per heavy atom. The minimum absolute atomic E-state index is 0. The Hall–Kier alpha value is -2.07. The summed E-state index contributed by atoms with van der Waals surface area (Å²) >= 11 is 0. The van der Waals surface area contributed by atoms with Crippen LogP contribution in [0.5, 0.6) is 0 Å². The zero-order valence-corrected chi connectivity index (χ0v) is 21.4. The smallest absolute Gasteiger partial charge is 0.191 e. The van der Waals surface area contributed by atoms with Crippen LogP contribution in [-0.4, -0.2) is 53.0 Å². The van der Waals surface area contributed by atoms with Crippen molar-refractivity contribution < 1.29 is 4.42 Å². The van der Waals surface area contributed by atoms with E-state index >= 15 is 0 Å². The highest BCUT2D eigenvalue weighted by Gasteiger charge is 2.24. The van der Waals surface area contributed by atoms with E-state index in [0.717, 1.165) is 55.7 Å². The number of nitrogens with zero attached hydrogens (tertiary/aromatic N) is 4. The molecule has 0 aliphatic carbocycles. The molecular weight excluding hydrogens is 515 g/mol. The van der Waals surface area contributed by atoms with E-state index in [0.29, 0.717) is 6.54 Å². The van der Waals surface area contributed by atoms with E-state index in [-0.39, 0.29) is 30.0 Å². The van der Waals surface area contributed by atoms with Crippen LogP contribution in [0, 0.1) is 6.92 Å². The van der Waals surface area contributed by atoms with E-state index in [1.54, 1.807) is 6.26 Å². The molecule has 0 bridgehead atoms. The summed E-state index contributed by atoms with van der Waals surface area (Å²) in [6.07, 6.45) is 10.6. The average molecular weight is 550 g/mol. The minimum Gasteiger partial charge on any atom is -0.468 e. The highest BCUT2D eigenvalue weighted by atomic mass is 127. The predicted molar refractivity (Wildman–Crippen MR) is 140 cm³/mol. The van der Waals surface area contributed by atoms with E-state index in [2.05, 4.69) is 58.2 Å². The van der Waals surface area contributed by atoms with Crippen LogP contribution in [0.4, 0.5) is 0 Å². The standard InChI is InChI=1S/C24H34N6O.HI/c1-3-25-24(26-12-11-20-18-30-15-7-9-19(2)23(30)28-20)27-17-21(22-10-8-16-31-22)29-13-5-4-6-14-29;/h7-10,15-16,18,21H,3-6,11-14,17H2,1-2H3,(H2,25,26,27);1H. The maximum atomic E-state index is 5.76. The van der Waals surface area contributed by atoms with Crippen molar-refractivity contribution in [1.82, 2.24) is 24.9 Å². The predicted octanol–water partition coefficient (Wildman–Crippen LogP) is 4.18. The number of hydrogen-bond donors (Lipinski definition) is 2. The molecule has 1 aliphatic heterocycles. The number of guanidine groups is 1. The molecule has 4 rings (SSSR count). The van der Waals surface area contributed by atoms with Crippen LogP contribution < -0.4 is 10.6 Å². The number of furan rings is 1. The van der Waals surface area contributed by atoms with Crippen LogP contribution in [0.2, 0.25) is 0 Å². The molecule has 8 heteroatoms. The van der Waals surface area contributed by atoms with Crippen molar-refractivity contribution in [3.05, 3.63) is 59.9 Å². The molecule has 3 aromatic heterocycles. The molecule has 0 aromatic carbocycles. The highest BCUT2D eigenvalue weighted by molar-refractivity contribution is 14.0. The number of piperidine rings is 1. The molecule has 1 aliphatic rings. The van der Waals surface area contributed by atoms with Crippen LogP contribution in [-0.2, 0) is 6.42 Å². The lowest BCUT2D eigenvalue weighted by atomic mass is 10.1. The Morgan fingerprint density at radius 3 is 2.75 bits per heavy atom. The molecule has 7 nitrogen and oxygen atoms in total. The second-order valence-corrected chi connectivity index (χ2v) is 8.18. The molecule has 1 saturated heterocycles. The van der Waals surface area contributed by atoms with E-state index in [1.807, 2.05) is 12.3 Å². The van der Waals surface area contributed by atoms with Gasteiger partial charge in [-0.25, -0.2) is 4.98 Å². The second kappa shape index (κ2) is 12.2. The summed E-state index contributed by atoms with van der Waals surface area (Å²) in [5.74, 6) is 1.84. The Bertz CT molecular complexity index is 978. The number of aromatic nitrogens is 2. The van der Waals surface area contributed by atoms with Gasteiger partial charge in [0.25, 0.3) is 0 Å². The molecule has 32 heavy (non-hydrogen) atoms. The Labute approximate surface area is 207 Å². The van der Waals surface area contributed by atoms with Gasteiger partial charge in [-0.3, -0.25) is 9.89 Å². The quantitative estimate of drug-likeness (QED) is 0.250. The van der Waals surface area contributed by atoms with Crippen molar-refractivity contribution in [2.75, 3.05) is 32.7 Å². The SMILES string of the molecule is CCNC(=NCC(c1ccco1)N1CCCCC1)NCCc1cn2cccc(C)c2n1.I. The summed E-state index contributed by atoms with van der Waals surface area (Å²) in [4.78, 5) is 12.2. The molecular formula is C24H35IN6O. The fourth-order valence-corrected chi connectivity index (χ4v) is 4.25. The number of likely N-dealkylation sites (tertiary alicyclic amines) is 1. The fourth-order valence-electron chi connectivity index (χ4n) is 4.25. The third-order valence-corrected chi connectivity index (χ3v) is 5.87. The van der Waals surface area contributed by atoms with Crippen molar-refractivity contribution >= 4 is 35.6 Å². The number of aliphatic imine (C=N–C) groups is 1. The van der Waals surface area contributed by atoms with Gasteiger partial charge < -0.3 is 19.5 Å². The Kier molecular flexibility index (Phi) is 9.40. The first kappa shape index (κ1) is 24.6. The molecule has 1 atom stereocenters. The fraction of sp³-hybridized carbons (Fsp3) is 0.500. The zero-order valence-electron chi connectivity index (χ0n) is 19.1. The number of nitrogens with one attached hydrogen (secondary N) is 2. The van der Waals surface area contributed by atoms with Crippen LogP contribution in [0.25, 0.3) is 5.65 Å². The molecule has 0 amide bonds. The molecule has 0 radical (unpaired) electrons. The largest absolute Gasteiger partial charge is 0.468 e. The van der Waals surface area contributed by atoms with Gasteiger partial charge in [-0.15, -0.1) is 24.0 Å². The van der Waals surface area contributed by atoms with Crippen LogP contribution >= 0.6 is 24.0 Å². The molecule has 0 saturated carbocycles. The number of halogens is 1. The lowest BCUT2D eigenvalue weighted by molar-refractivity contribution is 0.150. The summed E-state index contributed by atoms with van der Waals surface area (Å²) in [6.45, 7) is 8.69. The number of pyridine rings is 1. The molecule has 3 aromatic rings. The lowest BCUT2D eigenvalue weighted by Crippen LogP contribution is -2.40. The first-order valence-corrected chi connectivity index (χ1v) is 11.5. The van der Waals surface area contributed by atoms with Crippen molar-refractivity contribution in [2.45, 2.75) is 45.6 Å². The van der Waals surface area contributed by atoms with Crippen molar-refractivity contribution in [2.24, 2.45) is 4.99 Å². The normalized spacial score (nSPS) is 16.0. The highest BCUT2D eigenvalue weighted by Crippen LogP contribution is 2.25. The summed E-state index contributed by atoms with van der Waals surface area (Å²) in [6, 6.07) is 8.38. The van der Waals surface area contributed by atoms with Gasteiger partial charge in [0.2, 0.25) is 0 Å². The topological polar surface area (TPSA) is 70.1 Å². The lowest BCUT2D eigenvalue weighted by Gasteiger charge is -2.32. The number of fused-ring (bicyclic) bond motifs is 1. The summed E-state index contributed by atoms with van der Waals surface area (Å²) in [5, 5.41) is 6.84. The molecule has 4 heterocycles. The number of imidazole rings is 1. The van der Waals surface area contributed by atoms with Crippen molar-refractivity contribution in [1.29, 1.82) is 0 Å². The van der Waals surface area contributed by atoms with Crippen LogP contribution in [0.3, 0.4) is 0 Å². The van der Waals surface area contributed by atoms with E-state index in [9.17, 15) is 0 Å². The molecule has 2 N–H and O–H groups in total. The zero-order chi connectivity index (χ0) is 21.5. The minimum atomic E-state index is 0. The first-order chi connectivity index (χ1) is 15.2. The van der Waals surface area contributed by atoms with Gasteiger partial charge in [-0.1, -0.05) is 12.5 Å². The van der Waals surface area contributed by atoms with Gasteiger partial charge in [0.1, 0.15) is 11.4 Å². The third kappa shape index (κ3) is 6.25. The third-order valence-electron chi connectivity index (χ3n) is 5.87. The van der Waals surface area contributed by atoms with Gasteiger partial charge in [0.15, 0.2) is 5.96 Å². The monoisotopic (exact) mass is 550 g/mol. The Morgan fingerprint density at radius 2 is 2.03 bits per heavy atom. The van der Waals surface area contributed by atoms with Gasteiger partial charge >= 0.3 is 0 Å². The average Bonchev–Trinajstić information content (AvgIpc) is 3.45. The number of hydrogen-bond acceptors (Lipinski definition) is 4. The summed E-state index contributed by atoms with van der Waals surface area (Å²) in [7, 11) is 0. The molecule has 1 fully saturated rings. The van der Waals surface area contributed by atoms with Crippen molar-refractivity contribution in [3.8, 4) is 0 Å². The maximum Gasteiger partial charge on any atom is 0.191 e. The van der Waals surface area contributed by atoms with Gasteiger partial charge in [0, 0.05) is 31.9 Å². The number of rotatable bonds is 8. The maximum absolute atomic E-state index is 5.76. The van der Waals surface area contributed by atoms with E-state index < -0.39 is 0 Å². The van der Waals surface area contributed by atoms with Crippen LogP contribution in [0.15, 0.2) is 52.3 Å². The Balaban J connectivity index is 0.00000289. The van der Waals surface area contributed by atoms with Crippen LogP contribution in [0.1, 0.15) is 49.2 Å². The molecule has 1 unspecified atom stereocenters.